The van der Waals surface area contributed by atoms with Crippen LogP contribution < -0.4 is 18.8 Å². The number of carbonyl (C=O) groups is 2. The molecule has 2 aromatic rings. The minimum absolute atomic E-state index is 0.0464. The van der Waals surface area contributed by atoms with Crippen molar-refractivity contribution in [1.29, 1.82) is 0 Å². The number of aryl methyl sites for hydroxylation is 1. The molecule has 41 heavy (non-hydrogen) atoms. The fourth-order valence-electron chi connectivity index (χ4n) is 4.69. The number of pyridine rings is 1. The lowest BCUT2D eigenvalue weighted by molar-refractivity contribution is -0.679. The maximum absolute atomic E-state index is 12.8. The van der Waals surface area contributed by atoms with Crippen LogP contribution in [-0.4, -0.2) is 37.7 Å². The van der Waals surface area contributed by atoms with E-state index in [1.54, 1.807) is 26.4 Å². The highest BCUT2D eigenvalue weighted by molar-refractivity contribution is 5.90. The largest absolute Gasteiger partial charge is 0.493 e. The quantitative estimate of drug-likeness (QED) is 0.123. The summed E-state index contributed by atoms with van der Waals surface area (Å²) in [5, 5.41) is 0. The maximum Gasteiger partial charge on any atom is 0.417 e. The molecule has 0 aliphatic heterocycles. The minimum atomic E-state index is -0.716. The molecule has 0 saturated heterocycles. The summed E-state index contributed by atoms with van der Waals surface area (Å²) in [5.41, 5.74) is 1.47. The van der Waals surface area contributed by atoms with Gasteiger partial charge in [0.2, 0.25) is 17.4 Å². The summed E-state index contributed by atoms with van der Waals surface area (Å²) >= 11 is 0. The van der Waals surface area contributed by atoms with Gasteiger partial charge in [0, 0.05) is 19.1 Å². The Morgan fingerprint density at radius 2 is 1.39 bits per heavy atom. The predicted molar refractivity (Wildman–Crippen MR) is 160 cm³/mol. The number of methoxy groups -OCH3 is 2. The second kappa shape index (κ2) is 19.7. The third kappa shape index (κ3) is 12.4. The maximum atomic E-state index is 12.8. The van der Waals surface area contributed by atoms with E-state index in [0.29, 0.717) is 29.4 Å². The van der Waals surface area contributed by atoms with Crippen molar-refractivity contribution in [3.05, 3.63) is 47.8 Å². The van der Waals surface area contributed by atoms with Crippen molar-refractivity contribution in [3.8, 4) is 17.2 Å². The molecule has 2 rings (SSSR count). The van der Waals surface area contributed by atoms with E-state index in [1.165, 1.54) is 71.1 Å². The number of nitrogens with zero attached hydrogens (tertiary/aromatic N) is 2. The first-order valence-electron chi connectivity index (χ1n) is 15.2. The summed E-state index contributed by atoms with van der Waals surface area (Å²) in [5.74, 6) is 1.16. The summed E-state index contributed by atoms with van der Waals surface area (Å²) in [7, 11) is 5.00. The van der Waals surface area contributed by atoms with Gasteiger partial charge in [-0.3, -0.25) is 4.79 Å². The molecular weight excluding hydrogens is 520 g/mol. The van der Waals surface area contributed by atoms with Gasteiger partial charge in [-0.15, -0.1) is 0 Å². The van der Waals surface area contributed by atoms with Crippen LogP contribution in [0.25, 0.3) is 0 Å². The predicted octanol–water partition coefficient (Wildman–Crippen LogP) is 7.29. The monoisotopic (exact) mass is 571 g/mol. The van der Waals surface area contributed by atoms with Crippen molar-refractivity contribution in [2.24, 2.45) is 7.05 Å². The van der Waals surface area contributed by atoms with Crippen molar-refractivity contribution in [3.63, 3.8) is 0 Å². The van der Waals surface area contributed by atoms with E-state index in [2.05, 4.69) is 6.92 Å². The van der Waals surface area contributed by atoms with Gasteiger partial charge >= 0.3 is 6.09 Å². The Labute approximate surface area is 246 Å². The molecule has 0 spiro atoms. The molecule has 0 radical (unpaired) electrons. The Hall–Kier alpha value is -3.29. The number of ether oxygens (including phenoxy) is 4. The number of carbonyl (C=O) groups excluding carboxylic acids is 2. The van der Waals surface area contributed by atoms with E-state index in [-0.39, 0.29) is 13.2 Å². The van der Waals surface area contributed by atoms with Crippen LogP contribution in [0.2, 0.25) is 0 Å². The number of imide groups is 1. The Balaban J connectivity index is 1.81. The highest BCUT2D eigenvalue weighted by Crippen LogP contribution is 2.39. The summed E-state index contributed by atoms with van der Waals surface area (Å²) in [4.78, 5) is 26.0. The number of rotatable bonds is 20. The molecule has 0 fully saturated rings. The number of amides is 2. The Morgan fingerprint density at radius 1 is 0.829 bits per heavy atom. The summed E-state index contributed by atoms with van der Waals surface area (Å²) < 4.78 is 24.5. The zero-order valence-electron chi connectivity index (χ0n) is 25.9. The number of hydrogen-bond acceptors (Lipinski definition) is 6. The molecule has 0 bridgehead atoms. The SMILES string of the molecule is CCCCCCCCCCCCCCOc1c(OC)cc(COC(=O)N(Cc2cccc[n+]2C)C(C)=O)cc1OC. The molecule has 1 aromatic carbocycles. The van der Waals surface area contributed by atoms with Crippen molar-refractivity contribution < 1.29 is 33.1 Å². The smallest absolute Gasteiger partial charge is 0.417 e. The number of hydrogen-bond donors (Lipinski definition) is 0. The molecule has 1 heterocycles. The molecule has 0 aliphatic rings. The fraction of sp³-hybridized carbons (Fsp3) is 0.606. The molecule has 1 aromatic heterocycles. The van der Waals surface area contributed by atoms with Gasteiger partial charge in [-0.1, -0.05) is 83.6 Å². The zero-order valence-corrected chi connectivity index (χ0v) is 25.9. The van der Waals surface area contributed by atoms with Crippen LogP contribution in [0.1, 0.15) is 102 Å². The molecule has 8 heteroatoms. The lowest BCUT2D eigenvalue weighted by Crippen LogP contribution is -2.41. The molecule has 8 nitrogen and oxygen atoms in total. The molecule has 0 N–H and O–H groups in total. The summed E-state index contributed by atoms with van der Waals surface area (Å²) in [6, 6.07) is 9.13. The Bertz CT molecular complexity index is 1030. The second-order valence-corrected chi connectivity index (χ2v) is 10.5. The van der Waals surface area contributed by atoms with E-state index < -0.39 is 12.0 Å². The minimum Gasteiger partial charge on any atom is -0.493 e. The van der Waals surface area contributed by atoms with E-state index in [0.717, 1.165) is 23.4 Å². The van der Waals surface area contributed by atoms with E-state index in [4.69, 9.17) is 18.9 Å². The van der Waals surface area contributed by atoms with Crippen molar-refractivity contribution in [2.75, 3.05) is 20.8 Å². The van der Waals surface area contributed by atoms with E-state index in [1.807, 2.05) is 36.0 Å². The number of benzene rings is 1. The third-order valence-corrected chi connectivity index (χ3v) is 7.21. The lowest BCUT2D eigenvalue weighted by atomic mass is 10.1. The van der Waals surface area contributed by atoms with Gasteiger partial charge in [0.05, 0.1) is 20.8 Å². The third-order valence-electron chi connectivity index (χ3n) is 7.21. The number of aromatic nitrogens is 1. The van der Waals surface area contributed by atoms with Gasteiger partial charge < -0.3 is 18.9 Å². The first-order valence-corrected chi connectivity index (χ1v) is 15.2. The second-order valence-electron chi connectivity index (χ2n) is 10.5. The molecule has 0 atom stereocenters. The average Bonchev–Trinajstić information content (AvgIpc) is 2.97. The van der Waals surface area contributed by atoms with Gasteiger partial charge in [0.25, 0.3) is 0 Å². The van der Waals surface area contributed by atoms with Gasteiger partial charge in [0.1, 0.15) is 20.2 Å². The topological polar surface area (TPSA) is 78.2 Å². The molecular formula is C33H51N2O6+. The van der Waals surface area contributed by atoms with E-state index in [9.17, 15) is 9.59 Å². The van der Waals surface area contributed by atoms with Gasteiger partial charge in [0.15, 0.2) is 17.7 Å². The van der Waals surface area contributed by atoms with Crippen LogP contribution in [0.15, 0.2) is 36.5 Å². The van der Waals surface area contributed by atoms with Gasteiger partial charge in [-0.05, 0) is 24.1 Å². The van der Waals surface area contributed by atoms with Crippen LogP contribution in [0.4, 0.5) is 4.79 Å². The average molecular weight is 572 g/mol. The molecule has 0 unspecified atom stereocenters. The molecule has 228 valence electrons. The summed E-state index contributed by atoms with van der Waals surface area (Å²) in [6.45, 7) is 4.25. The van der Waals surface area contributed by atoms with Crippen LogP contribution in [0.5, 0.6) is 17.2 Å². The van der Waals surface area contributed by atoms with Crippen molar-refractivity contribution in [1.82, 2.24) is 4.90 Å². The normalized spacial score (nSPS) is 10.8. The Morgan fingerprint density at radius 3 is 1.90 bits per heavy atom. The molecule has 0 aliphatic carbocycles. The van der Waals surface area contributed by atoms with Gasteiger partial charge in [-0.2, -0.15) is 0 Å². The highest BCUT2D eigenvalue weighted by Gasteiger charge is 2.24. The van der Waals surface area contributed by atoms with Crippen molar-refractivity contribution in [2.45, 2.75) is 104 Å². The fourth-order valence-corrected chi connectivity index (χ4v) is 4.69. The van der Waals surface area contributed by atoms with Crippen LogP contribution in [0, 0.1) is 0 Å². The zero-order chi connectivity index (χ0) is 29.9. The van der Waals surface area contributed by atoms with Crippen LogP contribution in [-0.2, 0) is 29.7 Å². The first-order chi connectivity index (χ1) is 19.9. The highest BCUT2D eigenvalue weighted by atomic mass is 16.6. The summed E-state index contributed by atoms with van der Waals surface area (Å²) in [6.07, 6.45) is 16.6. The Kier molecular flexibility index (Phi) is 16.3. The molecule has 0 saturated carbocycles. The van der Waals surface area contributed by atoms with Crippen LogP contribution in [0.3, 0.4) is 0 Å². The van der Waals surface area contributed by atoms with E-state index >= 15 is 0 Å². The number of unbranched alkanes of at least 4 members (excludes halogenated alkanes) is 11. The standard InChI is InChI=1S/C33H51N2O6/c1-6-7-8-9-10-11-12-13-14-15-16-19-22-40-32-30(38-4)23-28(24-31(32)39-5)26-41-33(37)35(27(2)36)25-29-20-17-18-21-34(29)3/h17-18,20-21,23-24H,6-16,19,22,25-26H2,1-5H3/q+1. The van der Waals surface area contributed by atoms with Crippen LogP contribution >= 0.6 is 0 Å². The molecule has 2 amide bonds. The van der Waals surface area contributed by atoms with Gasteiger partial charge in [-0.25, -0.2) is 14.3 Å². The lowest BCUT2D eigenvalue weighted by Gasteiger charge is -2.19. The van der Waals surface area contributed by atoms with Crippen molar-refractivity contribution >= 4 is 12.0 Å². The first kappa shape index (κ1) is 33.9.